The summed E-state index contributed by atoms with van der Waals surface area (Å²) in [6.07, 6.45) is 1.64. The number of benzene rings is 2. The van der Waals surface area contributed by atoms with Gasteiger partial charge in [0.25, 0.3) is 0 Å². The maximum Gasteiger partial charge on any atom is 0.233 e. The molecule has 1 aliphatic carbocycles. The summed E-state index contributed by atoms with van der Waals surface area (Å²) in [7, 11) is 1.81. The number of carbonyl (C=O) groups excluding carboxylic acids is 1. The summed E-state index contributed by atoms with van der Waals surface area (Å²) >= 11 is 5.87. The monoisotopic (exact) mass is 317 g/mol. The lowest BCUT2D eigenvalue weighted by atomic mass is 9.94. The Balaban J connectivity index is 1.75. The molecule has 0 aromatic heterocycles. The summed E-state index contributed by atoms with van der Waals surface area (Å²) in [5.41, 5.74) is 1.48. The van der Waals surface area contributed by atoms with Crippen LogP contribution in [0.15, 0.2) is 48.5 Å². The smallest absolute Gasteiger partial charge is 0.233 e. The molecule has 1 aliphatic rings. The Bertz CT molecular complexity index is 677. The van der Waals surface area contributed by atoms with Gasteiger partial charge in [-0.05, 0) is 48.2 Å². The molecular weight excluding hydrogens is 301 g/mol. The fourth-order valence-corrected chi connectivity index (χ4v) is 2.95. The molecule has 1 amide bonds. The van der Waals surface area contributed by atoms with Crippen molar-refractivity contribution in [2.24, 2.45) is 0 Å². The van der Waals surface area contributed by atoms with Crippen LogP contribution in [0.5, 0.6) is 0 Å². The highest BCUT2D eigenvalue weighted by atomic mass is 35.5. The van der Waals surface area contributed by atoms with Crippen LogP contribution in [0.25, 0.3) is 0 Å². The molecule has 2 aromatic rings. The number of carbonyl (C=O) groups is 1. The van der Waals surface area contributed by atoms with E-state index in [0.717, 1.165) is 24.0 Å². The van der Waals surface area contributed by atoms with Gasteiger partial charge in [0.05, 0.1) is 5.41 Å². The molecule has 1 saturated carbocycles. The molecule has 0 radical (unpaired) electrons. The molecule has 0 spiro atoms. The van der Waals surface area contributed by atoms with Crippen molar-refractivity contribution in [1.82, 2.24) is 4.90 Å². The first-order valence-electron chi connectivity index (χ1n) is 7.27. The maximum absolute atomic E-state index is 13.1. The molecule has 114 valence electrons. The first-order valence-corrected chi connectivity index (χ1v) is 7.65. The minimum atomic E-state index is -0.463. The molecule has 0 atom stereocenters. The predicted octanol–water partition coefficient (Wildman–Crippen LogP) is 4.17. The summed E-state index contributed by atoms with van der Waals surface area (Å²) in [4.78, 5) is 14.5. The van der Waals surface area contributed by atoms with Crippen LogP contribution in [0, 0.1) is 5.82 Å². The van der Waals surface area contributed by atoms with Gasteiger partial charge in [-0.1, -0.05) is 35.9 Å². The lowest BCUT2D eigenvalue weighted by Gasteiger charge is -2.24. The average Bonchev–Trinajstić information content (AvgIpc) is 3.31. The Hall–Kier alpha value is -1.87. The van der Waals surface area contributed by atoms with Crippen LogP contribution in [0.3, 0.4) is 0 Å². The van der Waals surface area contributed by atoms with Gasteiger partial charge in [-0.2, -0.15) is 0 Å². The minimum absolute atomic E-state index is 0.0917. The van der Waals surface area contributed by atoms with Crippen molar-refractivity contribution in [3.63, 3.8) is 0 Å². The van der Waals surface area contributed by atoms with E-state index in [-0.39, 0.29) is 11.7 Å². The number of halogens is 2. The number of nitrogens with zero attached hydrogens (tertiary/aromatic N) is 1. The zero-order valence-corrected chi connectivity index (χ0v) is 13.1. The molecule has 4 heteroatoms. The van der Waals surface area contributed by atoms with Crippen LogP contribution in [0.4, 0.5) is 4.39 Å². The van der Waals surface area contributed by atoms with Crippen LogP contribution in [0.2, 0.25) is 5.02 Å². The van der Waals surface area contributed by atoms with E-state index >= 15 is 0 Å². The molecule has 0 unspecified atom stereocenters. The highest BCUT2D eigenvalue weighted by molar-refractivity contribution is 6.30. The van der Waals surface area contributed by atoms with E-state index in [4.69, 9.17) is 11.6 Å². The molecule has 0 heterocycles. The summed E-state index contributed by atoms with van der Waals surface area (Å²) in [5, 5.41) is 0.683. The van der Waals surface area contributed by atoms with Crippen molar-refractivity contribution in [3.05, 3.63) is 70.5 Å². The van der Waals surface area contributed by atoms with Gasteiger partial charge in [0.1, 0.15) is 5.82 Å². The second-order valence-electron chi connectivity index (χ2n) is 5.88. The third-order valence-electron chi connectivity index (χ3n) is 4.24. The van der Waals surface area contributed by atoms with Crippen molar-refractivity contribution in [1.29, 1.82) is 0 Å². The van der Waals surface area contributed by atoms with Crippen LogP contribution in [-0.2, 0) is 16.8 Å². The maximum atomic E-state index is 13.1. The summed E-state index contributed by atoms with van der Waals surface area (Å²) in [6, 6.07) is 13.8. The van der Waals surface area contributed by atoms with Crippen LogP contribution >= 0.6 is 11.6 Å². The standard InChI is InChI=1S/C18H17ClFNO/c1-21(12-13-2-6-15(19)7-3-13)17(22)18(10-11-18)14-4-8-16(20)9-5-14/h2-9H,10-12H2,1H3. The van der Waals surface area contributed by atoms with E-state index in [9.17, 15) is 9.18 Å². The molecule has 2 aromatic carbocycles. The molecular formula is C18H17ClFNO. The number of likely N-dealkylation sites (N-methyl/N-ethyl adjacent to an activating group) is 1. The lowest BCUT2D eigenvalue weighted by molar-refractivity contribution is -0.133. The summed E-state index contributed by atoms with van der Waals surface area (Å²) < 4.78 is 13.1. The van der Waals surface area contributed by atoms with Gasteiger partial charge in [-0.3, -0.25) is 4.79 Å². The van der Waals surface area contributed by atoms with Gasteiger partial charge in [0, 0.05) is 18.6 Å². The van der Waals surface area contributed by atoms with Crippen molar-refractivity contribution < 1.29 is 9.18 Å². The van der Waals surface area contributed by atoms with Crippen molar-refractivity contribution in [2.75, 3.05) is 7.05 Å². The zero-order chi connectivity index (χ0) is 15.7. The largest absolute Gasteiger partial charge is 0.341 e. The molecule has 1 fully saturated rings. The van der Waals surface area contributed by atoms with Crippen LogP contribution < -0.4 is 0 Å². The Morgan fingerprint density at radius 2 is 1.73 bits per heavy atom. The number of amides is 1. The fourth-order valence-electron chi connectivity index (χ4n) is 2.82. The molecule has 22 heavy (non-hydrogen) atoms. The molecule has 0 saturated heterocycles. The van der Waals surface area contributed by atoms with Crippen LogP contribution in [0.1, 0.15) is 24.0 Å². The second kappa shape index (κ2) is 5.73. The number of hydrogen-bond donors (Lipinski definition) is 0. The van der Waals surface area contributed by atoms with Gasteiger partial charge in [0.2, 0.25) is 5.91 Å². The Morgan fingerprint density at radius 1 is 1.14 bits per heavy atom. The molecule has 0 bridgehead atoms. The summed E-state index contributed by atoms with van der Waals surface area (Å²) in [5.74, 6) is -0.185. The van der Waals surface area contributed by atoms with E-state index < -0.39 is 5.41 Å². The van der Waals surface area contributed by atoms with E-state index in [1.807, 2.05) is 24.3 Å². The topological polar surface area (TPSA) is 20.3 Å². The zero-order valence-electron chi connectivity index (χ0n) is 12.4. The normalized spacial score (nSPS) is 15.4. The average molecular weight is 318 g/mol. The molecule has 2 nitrogen and oxygen atoms in total. The molecule has 0 N–H and O–H groups in total. The fraction of sp³-hybridized carbons (Fsp3) is 0.278. The van der Waals surface area contributed by atoms with E-state index in [1.165, 1.54) is 12.1 Å². The van der Waals surface area contributed by atoms with Gasteiger partial charge in [0.15, 0.2) is 0 Å². The van der Waals surface area contributed by atoms with Crippen molar-refractivity contribution in [3.8, 4) is 0 Å². The van der Waals surface area contributed by atoms with E-state index in [1.54, 1.807) is 24.1 Å². The SMILES string of the molecule is CN(Cc1ccc(Cl)cc1)C(=O)C1(c2ccc(F)cc2)CC1. The first kappa shape index (κ1) is 15.0. The Kier molecular flexibility index (Phi) is 3.92. The second-order valence-corrected chi connectivity index (χ2v) is 6.31. The number of rotatable bonds is 4. The van der Waals surface area contributed by atoms with Gasteiger partial charge >= 0.3 is 0 Å². The van der Waals surface area contributed by atoms with Crippen molar-refractivity contribution >= 4 is 17.5 Å². The van der Waals surface area contributed by atoms with E-state index in [2.05, 4.69) is 0 Å². The minimum Gasteiger partial charge on any atom is -0.341 e. The van der Waals surface area contributed by atoms with Crippen molar-refractivity contribution in [2.45, 2.75) is 24.8 Å². The Labute approximate surface area is 134 Å². The van der Waals surface area contributed by atoms with Gasteiger partial charge < -0.3 is 4.90 Å². The highest BCUT2D eigenvalue weighted by Crippen LogP contribution is 2.49. The van der Waals surface area contributed by atoms with Gasteiger partial charge in [-0.15, -0.1) is 0 Å². The molecule has 3 rings (SSSR count). The van der Waals surface area contributed by atoms with E-state index in [0.29, 0.717) is 11.6 Å². The predicted molar refractivity (Wildman–Crippen MR) is 85.2 cm³/mol. The molecule has 0 aliphatic heterocycles. The first-order chi connectivity index (χ1) is 10.5. The highest BCUT2D eigenvalue weighted by Gasteiger charge is 2.52. The lowest BCUT2D eigenvalue weighted by Crippen LogP contribution is -2.36. The quantitative estimate of drug-likeness (QED) is 0.829. The van der Waals surface area contributed by atoms with Gasteiger partial charge in [-0.25, -0.2) is 4.39 Å². The summed E-state index contributed by atoms with van der Waals surface area (Å²) in [6.45, 7) is 0.541. The third kappa shape index (κ3) is 2.86. The van der Waals surface area contributed by atoms with Crippen LogP contribution in [-0.4, -0.2) is 17.9 Å². The number of hydrogen-bond acceptors (Lipinski definition) is 1. The third-order valence-corrected chi connectivity index (χ3v) is 4.49. The Morgan fingerprint density at radius 3 is 2.27 bits per heavy atom.